The molecule has 0 unspecified atom stereocenters. The highest BCUT2D eigenvalue weighted by molar-refractivity contribution is 5.53. The topological polar surface area (TPSA) is 63.2 Å². The van der Waals surface area contributed by atoms with E-state index in [-0.39, 0.29) is 30.1 Å². The SMILES string of the molecule is COc1ccc(CO[C@H]([C@@H](C)[C@H](OC)[C@@H]2COC(C)(C)O2)[C@H](C)C=O)cc1. The smallest absolute Gasteiger partial charge is 0.163 e. The van der Waals surface area contributed by atoms with Gasteiger partial charge in [-0.2, -0.15) is 0 Å². The third kappa shape index (κ3) is 5.75. The lowest BCUT2D eigenvalue weighted by molar-refractivity contribution is -0.168. The summed E-state index contributed by atoms with van der Waals surface area (Å²) in [7, 11) is 3.29. The summed E-state index contributed by atoms with van der Waals surface area (Å²) in [6.07, 6.45) is 0.181. The molecule has 1 aliphatic rings. The van der Waals surface area contributed by atoms with E-state index in [0.717, 1.165) is 17.6 Å². The predicted octanol–water partition coefficient (Wildman–Crippen LogP) is 3.22. The van der Waals surface area contributed by atoms with E-state index in [1.807, 2.05) is 52.0 Å². The number of carbonyl (C=O) groups is 1. The van der Waals surface area contributed by atoms with Gasteiger partial charge in [-0.1, -0.05) is 26.0 Å². The number of ether oxygens (including phenoxy) is 5. The maximum absolute atomic E-state index is 11.5. The molecule has 1 aliphatic heterocycles. The summed E-state index contributed by atoms with van der Waals surface area (Å²) < 4.78 is 28.7. The van der Waals surface area contributed by atoms with Gasteiger partial charge in [0.2, 0.25) is 0 Å². The Morgan fingerprint density at radius 2 is 1.89 bits per heavy atom. The Morgan fingerprint density at radius 1 is 1.22 bits per heavy atom. The van der Waals surface area contributed by atoms with Crippen molar-refractivity contribution in [3.05, 3.63) is 29.8 Å². The van der Waals surface area contributed by atoms with E-state index in [9.17, 15) is 4.79 Å². The minimum Gasteiger partial charge on any atom is -0.497 e. The molecule has 0 N–H and O–H groups in total. The molecule has 0 bridgehead atoms. The molecule has 0 radical (unpaired) electrons. The third-order valence-electron chi connectivity index (χ3n) is 5.04. The Bertz CT molecular complexity index is 585. The molecule has 2 rings (SSSR count). The average molecular weight is 380 g/mol. The van der Waals surface area contributed by atoms with Gasteiger partial charge in [-0.25, -0.2) is 0 Å². The Balaban J connectivity index is 2.07. The minimum absolute atomic E-state index is 0.0593. The van der Waals surface area contributed by atoms with Crippen LogP contribution in [0.25, 0.3) is 0 Å². The number of rotatable bonds is 10. The first-order valence-electron chi connectivity index (χ1n) is 9.35. The largest absolute Gasteiger partial charge is 0.497 e. The van der Waals surface area contributed by atoms with E-state index in [1.54, 1.807) is 14.2 Å². The summed E-state index contributed by atoms with van der Waals surface area (Å²) in [4.78, 5) is 11.5. The zero-order valence-electron chi connectivity index (χ0n) is 17.1. The van der Waals surface area contributed by atoms with Gasteiger partial charge in [0.25, 0.3) is 0 Å². The molecule has 0 amide bonds. The summed E-state index contributed by atoms with van der Waals surface area (Å²) in [6, 6.07) is 7.70. The van der Waals surface area contributed by atoms with Gasteiger partial charge in [0.1, 0.15) is 18.1 Å². The normalized spacial score (nSPS) is 23.4. The van der Waals surface area contributed by atoms with Crippen LogP contribution in [0.2, 0.25) is 0 Å². The molecule has 1 aromatic carbocycles. The monoisotopic (exact) mass is 380 g/mol. The van der Waals surface area contributed by atoms with Crippen LogP contribution in [0, 0.1) is 11.8 Å². The molecule has 0 spiro atoms. The summed E-state index contributed by atoms with van der Waals surface area (Å²) in [5.74, 6) is -0.163. The molecule has 6 nitrogen and oxygen atoms in total. The van der Waals surface area contributed by atoms with Gasteiger partial charge in [-0.3, -0.25) is 0 Å². The van der Waals surface area contributed by atoms with Crippen LogP contribution in [0.5, 0.6) is 5.75 Å². The number of methoxy groups -OCH3 is 2. The molecule has 0 saturated carbocycles. The van der Waals surface area contributed by atoms with E-state index in [4.69, 9.17) is 23.7 Å². The predicted molar refractivity (Wildman–Crippen MR) is 102 cm³/mol. The summed E-state index contributed by atoms with van der Waals surface area (Å²) in [5, 5.41) is 0. The Hall–Kier alpha value is -1.47. The molecule has 1 saturated heterocycles. The summed E-state index contributed by atoms with van der Waals surface area (Å²) in [5.41, 5.74) is 1.02. The van der Waals surface area contributed by atoms with E-state index in [0.29, 0.717) is 13.2 Å². The lowest BCUT2D eigenvalue weighted by atomic mass is 9.87. The lowest BCUT2D eigenvalue weighted by Crippen LogP contribution is -2.45. The number of aldehydes is 1. The van der Waals surface area contributed by atoms with Crippen molar-refractivity contribution in [3.63, 3.8) is 0 Å². The number of benzene rings is 1. The van der Waals surface area contributed by atoms with Gasteiger partial charge in [0, 0.05) is 18.9 Å². The van der Waals surface area contributed by atoms with E-state index < -0.39 is 5.79 Å². The fraction of sp³-hybridized carbons (Fsp3) is 0.667. The third-order valence-corrected chi connectivity index (χ3v) is 5.04. The van der Waals surface area contributed by atoms with Crippen LogP contribution in [0.15, 0.2) is 24.3 Å². The molecule has 0 aromatic heterocycles. The molecular weight excluding hydrogens is 348 g/mol. The van der Waals surface area contributed by atoms with Crippen molar-refractivity contribution < 1.29 is 28.5 Å². The van der Waals surface area contributed by atoms with Gasteiger partial charge in [0.15, 0.2) is 5.79 Å². The number of hydrogen-bond donors (Lipinski definition) is 0. The van der Waals surface area contributed by atoms with Crippen molar-refractivity contribution in [1.29, 1.82) is 0 Å². The van der Waals surface area contributed by atoms with Gasteiger partial charge >= 0.3 is 0 Å². The zero-order chi connectivity index (χ0) is 20.0. The van der Waals surface area contributed by atoms with E-state index >= 15 is 0 Å². The van der Waals surface area contributed by atoms with Crippen molar-refractivity contribution in [2.24, 2.45) is 11.8 Å². The first kappa shape index (κ1) is 21.8. The number of carbonyl (C=O) groups excluding carboxylic acids is 1. The van der Waals surface area contributed by atoms with E-state index in [2.05, 4.69) is 0 Å². The highest BCUT2D eigenvalue weighted by Gasteiger charge is 2.42. The fourth-order valence-electron chi connectivity index (χ4n) is 3.54. The van der Waals surface area contributed by atoms with Crippen molar-refractivity contribution in [1.82, 2.24) is 0 Å². The van der Waals surface area contributed by atoms with Crippen molar-refractivity contribution in [2.45, 2.75) is 58.4 Å². The summed E-state index contributed by atoms with van der Waals surface area (Å²) in [6.45, 7) is 8.52. The van der Waals surface area contributed by atoms with E-state index in [1.165, 1.54) is 0 Å². The highest BCUT2D eigenvalue weighted by atomic mass is 16.7. The van der Waals surface area contributed by atoms with Gasteiger partial charge < -0.3 is 28.5 Å². The Morgan fingerprint density at radius 3 is 2.37 bits per heavy atom. The van der Waals surface area contributed by atoms with Crippen molar-refractivity contribution >= 4 is 6.29 Å². The van der Waals surface area contributed by atoms with Crippen LogP contribution in [-0.2, 0) is 30.3 Å². The van der Waals surface area contributed by atoms with Crippen LogP contribution in [0.1, 0.15) is 33.3 Å². The minimum atomic E-state index is -0.628. The average Bonchev–Trinajstić information content (AvgIpc) is 3.02. The first-order valence-corrected chi connectivity index (χ1v) is 9.35. The molecule has 6 heteroatoms. The lowest BCUT2D eigenvalue weighted by Gasteiger charge is -2.34. The second-order valence-corrected chi connectivity index (χ2v) is 7.55. The second-order valence-electron chi connectivity index (χ2n) is 7.55. The second kappa shape index (κ2) is 9.64. The Labute approximate surface area is 162 Å². The fourth-order valence-corrected chi connectivity index (χ4v) is 3.54. The van der Waals surface area contributed by atoms with Crippen LogP contribution >= 0.6 is 0 Å². The standard InChI is InChI=1S/C21H32O6/c1-14(11-22)19(25-12-16-7-9-17(23-5)10-8-16)15(2)20(24-6)18-13-26-21(3,4)27-18/h7-11,14-15,18-20H,12-13H2,1-6H3/t14-,15-,18+,19+,20+/m1/s1. The molecule has 0 aliphatic carbocycles. The summed E-state index contributed by atoms with van der Waals surface area (Å²) >= 11 is 0. The van der Waals surface area contributed by atoms with Crippen LogP contribution in [-0.4, -0.2) is 51.2 Å². The maximum atomic E-state index is 11.5. The van der Waals surface area contributed by atoms with Gasteiger partial charge in [-0.05, 0) is 31.5 Å². The van der Waals surface area contributed by atoms with Gasteiger partial charge in [-0.15, -0.1) is 0 Å². The van der Waals surface area contributed by atoms with Crippen LogP contribution in [0.3, 0.4) is 0 Å². The molecule has 1 aromatic rings. The van der Waals surface area contributed by atoms with Crippen molar-refractivity contribution in [2.75, 3.05) is 20.8 Å². The molecular formula is C21H32O6. The van der Waals surface area contributed by atoms with Crippen LogP contribution in [0.4, 0.5) is 0 Å². The van der Waals surface area contributed by atoms with Crippen LogP contribution < -0.4 is 4.74 Å². The quantitative estimate of drug-likeness (QED) is 0.581. The molecule has 1 fully saturated rings. The number of hydrogen-bond acceptors (Lipinski definition) is 6. The van der Waals surface area contributed by atoms with Gasteiger partial charge in [0.05, 0.1) is 32.5 Å². The molecule has 152 valence electrons. The Kier molecular flexibility index (Phi) is 7.79. The maximum Gasteiger partial charge on any atom is 0.163 e. The molecule has 5 atom stereocenters. The zero-order valence-corrected chi connectivity index (χ0v) is 17.1. The first-order chi connectivity index (χ1) is 12.8. The van der Waals surface area contributed by atoms with Crippen molar-refractivity contribution in [3.8, 4) is 5.75 Å². The molecule has 27 heavy (non-hydrogen) atoms. The highest BCUT2D eigenvalue weighted by Crippen LogP contribution is 2.31. The molecule has 1 heterocycles.